The predicted molar refractivity (Wildman–Crippen MR) is 72.5 cm³/mol. The van der Waals surface area contributed by atoms with E-state index in [0.29, 0.717) is 12.5 Å². The lowest BCUT2D eigenvalue weighted by Gasteiger charge is -2.27. The summed E-state index contributed by atoms with van der Waals surface area (Å²) in [5.41, 5.74) is 1.14. The normalized spacial score (nSPS) is 23.6. The Balaban J connectivity index is 1.65. The van der Waals surface area contributed by atoms with E-state index in [1.807, 2.05) is 16.8 Å². The van der Waals surface area contributed by atoms with Gasteiger partial charge < -0.3 is 15.7 Å². The summed E-state index contributed by atoms with van der Waals surface area (Å²) >= 11 is 1.63. The number of carbonyl (C=O) groups is 1. The molecule has 1 aliphatic carbocycles. The van der Waals surface area contributed by atoms with E-state index in [0.717, 1.165) is 31.2 Å². The van der Waals surface area contributed by atoms with Crippen LogP contribution in [0.25, 0.3) is 0 Å². The van der Waals surface area contributed by atoms with Crippen LogP contribution < -0.4 is 10.6 Å². The van der Waals surface area contributed by atoms with Crippen molar-refractivity contribution in [2.24, 2.45) is 5.92 Å². The van der Waals surface area contributed by atoms with Gasteiger partial charge in [0.15, 0.2) is 0 Å². The molecule has 0 aromatic carbocycles. The van der Waals surface area contributed by atoms with Crippen LogP contribution in [0.2, 0.25) is 0 Å². The van der Waals surface area contributed by atoms with E-state index < -0.39 is 0 Å². The van der Waals surface area contributed by atoms with Crippen molar-refractivity contribution < 1.29 is 9.90 Å². The molecule has 1 fully saturated rings. The van der Waals surface area contributed by atoms with Crippen molar-refractivity contribution >= 4 is 17.4 Å². The largest absolute Gasteiger partial charge is 0.396 e. The minimum Gasteiger partial charge on any atom is -0.396 e. The fourth-order valence-electron chi connectivity index (χ4n) is 2.30. The molecule has 0 bridgehead atoms. The lowest BCUT2D eigenvalue weighted by atomic mass is 9.87. The van der Waals surface area contributed by atoms with Gasteiger partial charge in [-0.1, -0.05) is 0 Å². The van der Waals surface area contributed by atoms with E-state index in [9.17, 15) is 4.79 Å². The van der Waals surface area contributed by atoms with Crippen LogP contribution >= 0.6 is 11.3 Å². The number of amides is 2. The number of nitrogens with one attached hydrogen (secondary N) is 2. The number of carbonyl (C=O) groups excluding carboxylic acids is 1. The van der Waals surface area contributed by atoms with Crippen molar-refractivity contribution in [2.75, 3.05) is 6.61 Å². The Morgan fingerprint density at radius 2 is 2.17 bits per heavy atom. The highest BCUT2D eigenvalue weighted by Gasteiger charge is 2.21. The number of hydrogen-bond acceptors (Lipinski definition) is 3. The fraction of sp³-hybridized carbons (Fsp3) is 0.615. The monoisotopic (exact) mass is 268 g/mol. The van der Waals surface area contributed by atoms with E-state index in [4.69, 9.17) is 5.11 Å². The first-order valence-electron chi connectivity index (χ1n) is 6.44. The average Bonchev–Trinajstić information content (AvgIpc) is 2.90. The molecule has 4 nitrogen and oxygen atoms in total. The number of thiophene rings is 1. The van der Waals surface area contributed by atoms with Crippen molar-refractivity contribution in [2.45, 2.75) is 38.3 Å². The predicted octanol–water partition coefficient (Wildman–Crippen LogP) is 2.10. The molecule has 100 valence electrons. The average molecular weight is 268 g/mol. The number of aliphatic hydroxyl groups excluding tert-OH is 1. The highest BCUT2D eigenvalue weighted by Crippen LogP contribution is 2.23. The minimum absolute atomic E-state index is 0.0892. The molecule has 5 heteroatoms. The Bertz CT molecular complexity index is 359. The third-order valence-corrected chi connectivity index (χ3v) is 4.21. The molecule has 1 aliphatic rings. The summed E-state index contributed by atoms with van der Waals surface area (Å²) in [6, 6.07) is 2.18. The van der Waals surface area contributed by atoms with E-state index >= 15 is 0 Å². The summed E-state index contributed by atoms with van der Waals surface area (Å²) in [5, 5.41) is 19.0. The molecule has 18 heavy (non-hydrogen) atoms. The van der Waals surface area contributed by atoms with Crippen LogP contribution in [0.4, 0.5) is 4.79 Å². The number of hydrogen-bond donors (Lipinski definition) is 3. The Labute approximate surface area is 111 Å². The molecule has 0 atom stereocenters. The maximum atomic E-state index is 11.7. The molecule has 0 radical (unpaired) electrons. The molecule has 2 rings (SSSR count). The van der Waals surface area contributed by atoms with Gasteiger partial charge in [-0.05, 0) is 54.0 Å². The molecule has 2 amide bonds. The SMILES string of the molecule is O=C(NCc1ccsc1)NC1CCC(CO)CC1. The molecule has 0 aliphatic heterocycles. The maximum absolute atomic E-state index is 11.7. The Morgan fingerprint density at radius 3 is 2.78 bits per heavy atom. The van der Waals surface area contributed by atoms with Crippen LogP contribution in [-0.2, 0) is 6.54 Å². The van der Waals surface area contributed by atoms with E-state index in [1.165, 1.54) is 0 Å². The molecule has 1 heterocycles. The molecule has 0 spiro atoms. The Kier molecular flexibility index (Phi) is 5.01. The van der Waals surface area contributed by atoms with Gasteiger partial charge in [-0.2, -0.15) is 11.3 Å². The molecule has 1 aromatic rings. The summed E-state index contributed by atoms with van der Waals surface area (Å²) in [4.78, 5) is 11.7. The van der Waals surface area contributed by atoms with Gasteiger partial charge in [0.1, 0.15) is 0 Å². The summed E-state index contributed by atoms with van der Waals surface area (Å²) in [7, 11) is 0. The highest BCUT2D eigenvalue weighted by molar-refractivity contribution is 7.07. The third-order valence-electron chi connectivity index (χ3n) is 3.47. The van der Waals surface area contributed by atoms with Gasteiger partial charge in [-0.15, -0.1) is 0 Å². The highest BCUT2D eigenvalue weighted by atomic mass is 32.1. The first-order valence-corrected chi connectivity index (χ1v) is 7.38. The van der Waals surface area contributed by atoms with Crippen LogP contribution in [0.1, 0.15) is 31.2 Å². The molecular formula is C13H20N2O2S. The summed E-state index contributed by atoms with van der Waals surface area (Å²) < 4.78 is 0. The van der Waals surface area contributed by atoms with Crippen molar-refractivity contribution in [3.05, 3.63) is 22.4 Å². The number of rotatable bonds is 4. The second kappa shape index (κ2) is 6.75. The first kappa shape index (κ1) is 13.4. The van der Waals surface area contributed by atoms with Crippen molar-refractivity contribution in [1.29, 1.82) is 0 Å². The number of aliphatic hydroxyl groups is 1. The van der Waals surface area contributed by atoms with Crippen molar-refractivity contribution in [3.63, 3.8) is 0 Å². The Morgan fingerprint density at radius 1 is 1.39 bits per heavy atom. The zero-order valence-corrected chi connectivity index (χ0v) is 11.2. The van der Waals surface area contributed by atoms with Crippen LogP contribution in [0.3, 0.4) is 0 Å². The van der Waals surface area contributed by atoms with Gasteiger partial charge in [0.2, 0.25) is 0 Å². The maximum Gasteiger partial charge on any atom is 0.315 e. The van der Waals surface area contributed by atoms with Crippen molar-refractivity contribution in [3.8, 4) is 0 Å². The molecule has 3 N–H and O–H groups in total. The molecular weight excluding hydrogens is 248 g/mol. The smallest absolute Gasteiger partial charge is 0.315 e. The lowest BCUT2D eigenvalue weighted by molar-refractivity contribution is 0.174. The van der Waals surface area contributed by atoms with Crippen molar-refractivity contribution in [1.82, 2.24) is 10.6 Å². The van der Waals surface area contributed by atoms with Gasteiger partial charge in [-0.3, -0.25) is 0 Å². The molecule has 1 aromatic heterocycles. The van der Waals surface area contributed by atoms with E-state index in [2.05, 4.69) is 10.6 Å². The van der Waals surface area contributed by atoms with E-state index in [-0.39, 0.29) is 18.7 Å². The van der Waals surface area contributed by atoms with Crippen LogP contribution in [0.5, 0.6) is 0 Å². The van der Waals surface area contributed by atoms with E-state index in [1.54, 1.807) is 11.3 Å². The van der Waals surface area contributed by atoms with Crippen LogP contribution in [-0.4, -0.2) is 23.8 Å². The Hall–Kier alpha value is -1.07. The second-order valence-electron chi connectivity index (χ2n) is 4.86. The fourth-order valence-corrected chi connectivity index (χ4v) is 2.97. The van der Waals surface area contributed by atoms with Gasteiger partial charge in [0.25, 0.3) is 0 Å². The summed E-state index contributed by atoms with van der Waals surface area (Å²) in [5.74, 6) is 0.428. The molecule has 0 saturated heterocycles. The van der Waals surface area contributed by atoms with Gasteiger partial charge in [-0.25, -0.2) is 4.79 Å². The number of urea groups is 1. The first-order chi connectivity index (χ1) is 8.78. The van der Waals surface area contributed by atoms with Gasteiger partial charge in [0, 0.05) is 19.2 Å². The quantitative estimate of drug-likeness (QED) is 0.783. The summed E-state index contributed by atoms with van der Waals surface area (Å²) in [6.07, 6.45) is 3.95. The van der Waals surface area contributed by atoms with Gasteiger partial charge in [0.05, 0.1) is 0 Å². The molecule has 1 saturated carbocycles. The van der Waals surface area contributed by atoms with Crippen LogP contribution in [0, 0.1) is 5.92 Å². The lowest BCUT2D eigenvalue weighted by Crippen LogP contribution is -2.43. The summed E-state index contributed by atoms with van der Waals surface area (Å²) in [6.45, 7) is 0.860. The van der Waals surface area contributed by atoms with Crippen LogP contribution in [0.15, 0.2) is 16.8 Å². The standard InChI is InChI=1S/C13H20N2O2S/c16-8-10-1-3-12(4-2-10)15-13(17)14-7-11-5-6-18-9-11/h5-6,9-10,12,16H,1-4,7-8H2,(H2,14,15,17). The minimum atomic E-state index is -0.0892. The van der Waals surface area contributed by atoms with Gasteiger partial charge >= 0.3 is 6.03 Å². The second-order valence-corrected chi connectivity index (χ2v) is 5.64. The zero-order chi connectivity index (χ0) is 12.8. The zero-order valence-electron chi connectivity index (χ0n) is 10.4. The topological polar surface area (TPSA) is 61.4 Å². The third kappa shape index (κ3) is 3.99. The molecule has 0 unspecified atom stereocenters.